The lowest BCUT2D eigenvalue weighted by atomic mass is 9.98. The van der Waals surface area contributed by atoms with Crippen molar-refractivity contribution in [3.05, 3.63) is 35.4 Å². The van der Waals surface area contributed by atoms with E-state index in [1.807, 2.05) is 18.2 Å². The Kier molecular flexibility index (Phi) is 4.25. The van der Waals surface area contributed by atoms with Crippen LogP contribution in [0.25, 0.3) is 0 Å². The van der Waals surface area contributed by atoms with Gasteiger partial charge in [-0.15, -0.1) is 0 Å². The fourth-order valence-electron chi connectivity index (χ4n) is 3.20. The number of amidine groups is 1. The van der Waals surface area contributed by atoms with Crippen LogP contribution in [-0.2, 0) is 11.3 Å². The summed E-state index contributed by atoms with van der Waals surface area (Å²) in [5.41, 5.74) is 7.21. The molecular weight excluding hydrogens is 266 g/mol. The molecular formula is C16H25N3O2. The molecule has 0 aromatic heterocycles. The zero-order valence-electron chi connectivity index (χ0n) is 13.3. The van der Waals surface area contributed by atoms with E-state index in [1.165, 1.54) is 0 Å². The number of hydrogen-bond donors (Lipinski definition) is 2. The molecule has 0 radical (unpaired) electrons. The molecule has 0 amide bonds. The minimum absolute atomic E-state index is 0.138. The first-order valence-electron chi connectivity index (χ1n) is 7.20. The van der Waals surface area contributed by atoms with Gasteiger partial charge in [-0.2, -0.15) is 0 Å². The number of oxime groups is 1. The van der Waals surface area contributed by atoms with Crippen LogP contribution in [0.5, 0.6) is 0 Å². The average Bonchev–Trinajstić information content (AvgIpc) is 2.34. The summed E-state index contributed by atoms with van der Waals surface area (Å²) in [6, 6.07) is 7.79. The van der Waals surface area contributed by atoms with Gasteiger partial charge in [-0.1, -0.05) is 23.4 Å². The van der Waals surface area contributed by atoms with E-state index in [1.54, 1.807) is 0 Å². The Balaban J connectivity index is 2.14. The highest BCUT2D eigenvalue weighted by Gasteiger charge is 2.37. The summed E-state index contributed by atoms with van der Waals surface area (Å²) in [6.07, 6.45) is 0. The lowest BCUT2D eigenvalue weighted by Gasteiger charge is -2.47. The van der Waals surface area contributed by atoms with Crippen molar-refractivity contribution in [3.8, 4) is 0 Å². The second-order valence-electron chi connectivity index (χ2n) is 6.95. The van der Waals surface area contributed by atoms with Gasteiger partial charge in [-0.25, -0.2) is 0 Å². The first-order chi connectivity index (χ1) is 9.71. The molecule has 5 nitrogen and oxygen atoms in total. The third-order valence-corrected chi connectivity index (χ3v) is 3.50. The highest BCUT2D eigenvalue weighted by Crippen LogP contribution is 2.29. The molecule has 1 fully saturated rings. The zero-order chi connectivity index (χ0) is 15.7. The molecule has 21 heavy (non-hydrogen) atoms. The monoisotopic (exact) mass is 291 g/mol. The van der Waals surface area contributed by atoms with Gasteiger partial charge in [0.05, 0.1) is 11.2 Å². The van der Waals surface area contributed by atoms with Gasteiger partial charge in [-0.3, -0.25) is 4.90 Å². The molecule has 0 unspecified atom stereocenters. The number of nitrogens with two attached hydrogens (primary N) is 1. The Morgan fingerprint density at radius 3 is 2.48 bits per heavy atom. The minimum Gasteiger partial charge on any atom is -0.409 e. The first-order valence-corrected chi connectivity index (χ1v) is 7.20. The van der Waals surface area contributed by atoms with Gasteiger partial charge in [0.1, 0.15) is 0 Å². The van der Waals surface area contributed by atoms with Crippen molar-refractivity contribution in [3.63, 3.8) is 0 Å². The molecule has 2 rings (SSSR count). The van der Waals surface area contributed by atoms with Crippen LogP contribution in [0.3, 0.4) is 0 Å². The molecule has 1 aliphatic rings. The molecule has 3 N–H and O–H groups in total. The van der Waals surface area contributed by atoms with E-state index < -0.39 is 0 Å². The van der Waals surface area contributed by atoms with Gasteiger partial charge in [0.15, 0.2) is 5.84 Å². The highest BCUT2D eigenvalue weighted by molar-refractivity contribution is 5.97. The second kappa shape index (κ2) is 5.66. The van der Waals surface area contributed by atoms with Crippen LogP contribution in [0.4, 0.5) is 0 Å². The summed E-state index contributed by atoms with van der Waals surface area (Å²) in [5, 5.41) is 11.8. The van der Waals surface area contributed by atoms with Crippen molar-refractivity contribution >= 4 is 5.84 Å². The minimum atomic E-state index is -0.162. The fraction of sp³-hybridized carbons (Fsp3) is 0.562. The Morgan fingerprint density at radius 2 is 1.90 bits per heavy atom. The van der Waals surface area contributed by atoms with E-state index in [0.29, 0.717) is 0 Å². The summed E-state index contributed by atoms with van der Waals surface area (Å²) < 4.78 is 6.09. The molecule has 1 aromatic carbocycles. The number of ether oxygens (including phenoxy) is 1. The Bertz CT molecular complexity index is 522. The molecule has 1 aliphatic heterocycles. The normalized spacial score (nSPS) is 22.2. The van der Waals surface area contributed by atoms with Crippen LogP contribution >= 0.6 is 0 Å². The number of benzene rings is 1. The molecule has 0 bridgehead atoms. The maximum Gasteiger partial charge on any atom is 0.170 e. The smallest absolute Gasteiger partial charge is 0.170 e. The lowest BCUT2D eigenvalue weighted by Crippen LogP contribution is -2.56. The maximum atomic E-state index is 8.77. The largest absolute Gasteiger partial charge is 0.409 e. The Labute approximate surface area is 126 Å². The van der Waals surface area contributed by atoms with Crippen LogP contribution in [0.1, 0.15) is 38.8 Å². The Hall–Kier alpha value is -1.59. The van der Waals surface area contributed by atoms with Crippen LogP contribution in [0.15, 0.2) is 29.4 Å². The topological polar surface area (TPSA) is 71.1 Å². The number of nitrogens with zero attached hydrogens (tertiary/aromatic N) is 2. The molecule has 0 spiro atoms. The van der Waals surface area contributed by atoms with Crippen LogP contribution in [-0.4, -0.2) is 40.2 Å². The molecule has 1 aromatic rings. The predicted octanol–water partition coefficient (Wildman–Crippen LogP) is 2.17. The SMILES string of the molecule is CC1(C)CN(Cc2cccc(/C(N)=N/O)c2)CC(C)(C)O1. The molecule has 0 atom stereocenters. The second-order valence-corrected chi connectivity index (χ2v) is 6.95. The van der Waals surface area contributed by atoms with Crippen LogP contribution in [0.2, 0.25) is 0 Å². The van der Waals surface area contributed by atoms with Gasteiger partial charge >= 0.3 is 0 Å². The van der Waals surface area contributed by atoms with Crippen molar-refractivity contribution < 1.29 is 9.94 Å². The molecule has 1 heterocycles. The van der Waals surface area contributed by atoms with Gasteiger partial charge in [0.2, 0.25) is 0 Å². The quantitative estimate of drug-likeness (QED) is 0.387. The summed E-state index contributed by atoms with van der Waals surface area (Å²) in [5.74, 6) is 0.138. The standard InChI is InChI=1S/C16H25N3O2/c1-15(2)10-19(11-16(3,4)21-15)9-12-6-5-7-13(8-12)14(17)18-20/h5-8,20H,9-11H2,1-4H3,(H2,17,18). The fourth-order valence-corrected chi connectivity index (χ4v) is 3.20. The van der Waals surface area contributed by atoms with Gasteiger partial charge < -0.3 is 15.7 Å². The van der Waals surface area contributed by atoms with E-state index >= 15 is 0 Å². The molecule has 0 saturated carbocycles. The number of hydrogen-bond acceptors (Lipinski definition) is 4. The molecule has 116 valence electrons. The third-order valence-electron chi connectivity index (χ3n) is 3.50. The van der Waals surface area contributed by atoms with E-state index in [-0.39, 0.29) is 17.0 Å². The van der Waals surface area contributed by atoms with Crippen molar-refractivity contribution in [2.75, 3.05) is 13.1 Å². The van der Waals surface area contributed by atoms with Crippen LogP contribution < -0.4 is 5.73 Å². The predicted molar refractivity (Wildman–Crippen MR) is 83.5 cm³/mol. The highest BCUT2D eigenvalue weighted by atomic mass is 16.5. The molecule has 5 heteroatoms. The van der Waals surface area contributed by atoms with Gasteiger partial charge in [0.25, 0.3) is 0 Å². The average molecular weight is 291 g/mol. The van der Waals surface area contributed by atoms with Crippen LogP contribution in [0, 0.1) is 0 Å². The van der Waals surface area contributed by atoms with E-state index in [4.69, 9.17) is 15.7 Å². The van der Waals surface area contributed by atoms with Gasteiger partial charge in [0, 0.05) is 25.2 Å². The molecule has 0 aliphatic carbocycles. The first kappa shape index (κ1) is 15.8. The summed E-state index contributed by atoms with van der Waals surface area (Å²) >= 11 is 0. The maximum absolute atomic E-state index is 8.77. The van der Waals surface area contributed by atoms with E-state index in [0.717, 1.165) is 30.8 Å². The van der Waals surface area contributed by atoms with Gasteiger partial charge in [-0.05, 0) is 39.3 Å². The zero-order valence-corrected chi connectivity index (χ0v) is 13.3. The van der Waals surface area contributed by atoms with E-state index in [2.05, 4.69) is 43.8 Å². The number of rotatable bonds is 3. The Morgan fingerprint density at radius 1 is 1.29 bits per heavy atom. The van der Waals surface area contributed by atoms with E-state index in [9.17, 15) is 0 Å². The van der Waals surface area contributed by atoms with Crippen molar-refractivity contribution in [1.29, 1.82) is 0 Å². The van der Waals surface area contributed by atoms with Crippen molar-refractivity contribution in [1.82, 2.24) is 4.90 Å². The lowest BCUT2D eigenvalue weighted by molar-refractivity contribution is -0.182. The van der Waals surface area contributed by atoms with Crippen molar-refractivity contribution in [2.45, 2.75) is 45.4 Å². The summed E-state index contributed by atoms with van der Waals surface area (Å²) in [6.45, 7) is 11.1. The summed E-state index contributed by atoms with van der Waals surface area (Å²) in [7, 11) is 0. The number of morpholine rings is 1. The third kappa shape index (κ3) is 4.19. The van der Waals surface area contributed by atoms with Crippen molar-refractivity contribution in [2.24, 2.45) is 10.9 Å². The summed E-state index contributed by atoms with van der Waals surface area (Å²) in [4.78, 5) is 2.38. The molecule has 1 saturated heterocycles.